The molecule has 0 spiro atoms. The van der Waals surface area contributed by atoms with Crippen LogP contribution in [-0.4, -0.2) is 33.9 Å². The quantitative estimate of drug-likeness (QED) is 0.590. The maximum Gasteiger partial charge on any atom is 0.222 e. The number of hydrogen-bond donors (Lipinski definition) is 0. The molecule has 5 heteroatoms. The van der Waals surface area contributed by atoms with Crippen LogP contribution in [-0.2, 0) is 11.2 Å². The van der Waals surface area contributed by atoms with E-state index < -0.39 is 0 Å². The summed E-state index contributed by atoms with van der Waals surface area (Å²) in [4.78, 5) is 24.0. The number of hydrogen-bond acceptors (Lipinski definition) is 3. The van der Waals surface area contributed by atoms with Gasteiger partial charge in [0.05, 0.1) is 17.6 Å². The van der Waals surface area contributed by atoms with E-state index in [1.54, 1.807) is 6.20 Å². The first kappa shape index (κ1) is 19.6. The number of amides is 1. The van der Waals surface area contributed by atoms with E-state index >= 15 is 0 Å². The fourth-order valence-electron chi connectivity index (χ4n) is 3.86. The summed E-state index contributed by atoms with van der Waals surface area (Å²) in [5.41, 5.74) is 3.92. The molecule has 0 bridgehead atoms. The van der Waals surface area contributed by atoms with Crippen LogP contribution in [0.3, 0.4) is 0 Å². The molecule has 1 fully saturated rings. The van der Waals surface area contributed by atoms with Gasteiger partial charge in [-0.2, -0.15) is 0 Å². The van der Waals surface area contributed by atoms with Crippen molar-refractivity contribution in [3.05, 3.63) is 83.3 Å². The van der Waals surface area contributed by atoms with Crippen molar-refractivity contribution in [1.29, 1.82) is 0 Å². The Morgan fingerprint density at radius 1 is 1.10 bits per heavy atom. The van der Waals surface area contributed by atoms with Crippen molar-refractivity contribution >= 4 is 17.5 Å². The molecule has 1 amide bonds. The van der Waals surface area contributed by atoms with Crippen molar-refractivity contribution in [2.45, 2.75) is 31.6 Å². The summed E-state index contributed by atoms with van der Waals surface area (Å²) < 4.78 is 0. The molecule has 2 heterocycles. The second kappa shape index (κ2) is 9.19. The lowest BCUT2D eigenvalue weighted by atomic mass is 9.94. The van der Waals surface area contributed by atoms with Gasteiger partial charge in [0.1, 0.15) is 0 Å². The molecule has 1 aliphatic rings. The van der Waals surface area contributed by atoms with Crippen LogP contribution >= 0.6 is 11.6 Å². The number of carbonyl (C=O) groups is 1. The standard InChI is InChI=1S/C24H24ClN3O/c25-21-10-4-8-19(14-21)22-15-26-16-23(27-22)20-9-5-13-28(17-20)24(29)12-11-18-6-2-1-3-7-18/h1-4,6-8,10,14-16,20H,5,9,11-13,17H2/t20-/m0/s1. The summed E-state index contributed by atoms with van der Waals surface area (Å²) in [7, 11) is 0. The Morgan fingerprint density at radius 3 is 2.79 bits per heavy atom. The predicted molar refractivity (Wildman–Crippen MR) is 116 cm³/mol. The second-order valence-corrected chi connectivity index (χ2v) is 7.94. The maximum absolute atomic E-state index is 12.7. The van der Waals surface area contributed by atoms with Gasteiger partial charge in [-0.3, -0.25) is 9.78 Å². The minimum Gasteiger partial charge on any atom is -0.342 e. The molecule has 4 rings (SSSR count). The minimum absolute atomic E-state index is 0.219. The van der Waals surface area contributed by atoms with E-state index in [-0.39, 0.29) is 11.8 Å². The number of aryl methyl sites for hydroxylation is 1. The van der Waals surface area contributed by atoms with Gasteiger partial charge in [0.25, 0.3) is 0 Å². The predicted octanol–water partition coefficient (Wildman–Crippen LogP) is 5.14. The largest absolute Gasteiger partial charge is 0.342 e. The zero-order valence-electron chi connectivity index (χ0n) is 16.3. The minimum atomic E-state index is 0.219. The smallest absolute Gasteiger partial charge is 0.222 e. The summed E-state index contributed by atoms with van der Waals surface area (Å²) in [6, 6.07) is 17.8. The number of piperidine rings is 1. The molecule has 2 aromatic carbocycles. The zero-order valence-corrected chi connectivity index (χ0v) is 17.1. The lowest BCUT2D eigenvalue weighted by Crippen LogP contribution is -2.39. The van der Waals surface area contributed by atoms with Gasteiger partial charge in [-0.15, -0.1) is 0 Å². The maximum atomic E-state index is 12.7. The van der Waals surface area contributed by atoms with Crippen LogP contribution in [0, 0.1) is 0 Å². The van der Waals surface area contributed by atoms with E-state index in [0.29, 0.717) is 18.0 Å². The average Bonchev–Trinajstić information content (AvgIpc) is 2.78. The Labute approximate surface area is 176 Å². The second-order valence-electron chi connectivity index (χ2n) is 7.50. The van der Waals surface area contributed by atoms with Crippen LogP contribution < -0.4 is 0 Å². The Kier molecular flexibility index (Phi) is 6.20. The van der Waals surface area contributed by atoms with Crippen molar-refractivity contribution in [2.75, 3.05) is 13.1 Å². The molecule has 1 aliphatic heterocycles. The molecule has 0 unspecified atom stereocenters. The summed E-state index contributed by atoms with van der Waals surface area (Å²) in [5.74, 6) is 0.438. The molecule has 148 valence electrons. The van der Waals surface area contributed by atoms with Gasteiger partial charge in [0, 0.05) is 42.2 Å². The van der Waals surface area contributed by atoms with Crippen LogP contribution in [0.1, 0.15) is 36.4 Å². The third kappa shape index (κ3) is 5.01. The van der Waals surface area contributed by atoms with Gasteiger partial charge in [-0.05, 0) is 37.0 Å². The monoisotopic (exact) mass is 405 g/mol. The first-order chi connectivity index (χ1) is 14.2. The molecule has 3 aromatic rings. The molecule has 0 aliphatic carbocycles. The Morgan fingerprint density at radius 2 is 1.97 bits per heavy atom. The molecule has 1 atom stereocenters. The van der Waals surface area contributed by atoms with Crippen molar-refractivity contribution in [3.8, 4) is 11.3 Å². The molecule has 0 saturated carbocycles. The van der Waals surface area contributed by atoms with Crippen molar-refractivity contribution < 1.29 is 4.79 Å². The van der Waals surface area contributed by atoms with Gasteiger partial charge in [0.2, 0.25) is 5.91 Å². The fraction of sp³-hybridized carbons (Fsp3) is 0.292. The Hall–Kier alpha value is -2.72. The number of benzene rings is 2. The van der Waals surface area contributed by atoms with Gasteiger partial charge >= 0.3 is 0 Å². The highest BCUT2D eigenvalue weighted by atomic mass is 35.5. The SMILES string of the molecule is O=C(CCc1ccccc1)N1CCC[C@H](c2cncc(-c3cccc(Cl)c3)n2)C1. The first-order valence-electron chi connectivity index (χ1n) is 10.1. The fourth-order valence-corrected chi connectivity index (χ4v) is 4.05. The van der Waals surface area contributed by atoms with Gasteiger partial charge in [-0.1, -0.05) is 54.1 Å². The number of carbonyl (C=O) groups excluding carboxylic acids is 1. The molecule has 0 radical (unpaired) electrons. The normalized spacial score (nSPS) is 16.6. The Bertz CT molecular complexity index is 977. The summed E-state index contributed by atoms with van der Waals surface area (Å²) in [5, 5.41) is 0.683. The average molecular weight is 406 g/mol. The number of rotatable bonds is 5. The van der Waals surface area contributed by atoms with E-state index in [4.69, 9.17) is 16.6 Å². The summed E-state index contributed by atoms with van der Waals surface area (Å²) in [6.45, 7) is 1.53. The molecule has 1 saturated heterocycles. The topological polar surface area (TPSA) is 46.1 Å². The molecule has 1 aromatic heterocycles. The van der Waals surface area contributed by atoms with Crippen LogP contribution in [0.15, 0.2) is 67.0 Å². The first-order valence-corrected chi connectivity index (χ1v) is 10.5. The van der Waals surface area contributed by atoms with Crippen molar-refractivity contribution in [3.63, 3.8) is 0 Å². The van der Waals surface area contributed by atoms with Gasteiger partial charge in [0.15, 0.2) is 0 Å². The van der Waals surface area contributed by atoms with Gasteiger partial charge in [-0.25, -0.2) is 4.98 Å². The molecular weight excluding hydrogens is 382 g/mol. The number of aromatic nitrogens is 2. The third-order valence-electron chi connectivity index (χ3n) is 5.44. The van der Waals surface area contributed by atoms with Crippen molar-refractivity contribution in [1.82, 2.24) is 14.9 Å². The summed E-state index contributed by atoms with van der Waals surface area (Å²) in [6.07, 6.45) is 6.94. The summed E-state index contributed by atoms with van der Waals surface area (Å²) >= 11 is 6.12. The lowest BCUT2D eigenvalue weighted by molar-refractivity contribution is -0.132. The number of halogens is 1. The Balaban J connectivity index is 1.43. The lowest BCUT2D eigenvalue weighted by Gasteiger charge is -2.32. The van der Waals surface area contributed by atoms with E-state index in [9.17, 15) is 4.79 Å². The van der Waals surface area contributed by atoms with Crippen LogP contribution in [0.25, 0.3) is 11.3 Å². The highest BCUT2D eigenvalue weighted by Gasteiger charge is 2.25. The van der Waals surface area contributed by atoms with Crippen LogP contribution in [0.4, 0.5) is 0 Å². The number of likely N-dealkylation sites (tertiary alicyclic amines) is 1. The van der Waals surface area contributed by atoms with E-state index in [1.807, 2.05) is 53.6 Å². The zero-order chi connectivity index (χ0) is 20.1. The third-order valence-corrected chi connectivity index (χ3v) is 5.67. The van der Waals surface area contributed by atoms with Crippen LogP contribution in [0.5, 0.6) is 0 Å². The highest BCUT2D eigenvalue weighted by Crippen LogP contribution is 2.28. The number of nitrogens with zero attached hydrogens (tertiary/aromatic N) is 3. The van der Waals surface area contributed by atoms with Crippen molar-refractivity contribution in [2.24, 2.45) is 0 Å². The molecule has 0 N–H and O–H groups in total. The molecule has 29 heavy (non-hydrogen) atoms. The van der Waals surface area contributed by atoms with E-state index in [0.717, 1.165) is 42.8 Å². The molecular formula is C24H24ClN3O. The van der Waals surface area contributed by atoms with Gasteiger partial charge < -0.3 is 4.90 Å². The highest BCUT2D eigenvalue weighted by molar-refractivity contribution is 6.30. The molecule has 4 nitrogen and oxygen atoms in total. The van der Waals surface area contributed by atoms with E-state index in [1.165, 1.54) is 5.56 Å². The van der Waals surface area contributed by atoms with Crippen LogP contribution in [0.2, 0.25) is 5.02 Å². The van der Waals surface area contributed by atoms with E-state index in [2.05, 4.69) is 17.1 Å².